The molecule has 3 rings (SSSR count). The Hall–Kier alpha value is -2.25. The molecule has 122 valence electrons. The fraction of sp³-hybridized carbons (Fsp3) is 0.500. The van der Waals surface area contributed by atoms with Crippen molar-refractivity contribution in [3.8, 4) is 6.07 Å². The molecule has 0 aromatic carbocycles. The minimum atomic E-state index is -1.28. The predicted molar refractivity (Wildman–Crippen MR) is 78.9 cm³/mol. The minimum absolute atomic E-state index is 0.142. The van der Waals surface area contributed by atoms with Crippen LogP contribution in [0.2, 0.25) is 0 Å². The van der Waals surface area contributed by atoms with Gasteiger partial charge in [-0.05, 0) is 6.42 Å². The van der Waals surface area contributed by atoms with Crippen LogP contribution in [0.15, 0.2) is 12.5 Å². The molecule has 1 fully saturated rings. The minimum Gasteiger partial charge on any atom is -0.390 e. The second kappa shape index (κ2) is 5.75. The highest BCUT2D eigenvalue weighted by Gasteiger charge is 2.46. The average molecular weight is 319 g/mol. The lowest BCUT2D eigenvalue weighted by Gasteiger charge is -2.19. The number of fused-ring (bicyclic) bond motifs is 1. The number of nitrogens with zero attached hydrogens (tertiary/aromatic N) is 4. The first kappa shape index (κ1) is 15.6. The van der Waals surface area contributed by atoms with Gasteiger partial charge in [-0.2, -0.15) is 5.26 Å². The molecule has 0 bridgehead atoms. The number of aromatic nitrogens is 3. The Morgan fingerprint density at radius 1 is 1.43 bits per heavy atom. The lowest BCUT2D eigenvalue weighted by atomic mass is 10.0. The van der Waals surface area contributed by atoms with Crippen molar-refractivity contribution in [3.63, 3.8) is 0 Å². The molecule has 0 radical (unpaired) electrons. The van der Waals surface area contributed by atoms with E-state index in [1.54, 1.807) is 6.92 Å². The highest BCUT2D eigenvalue weighted by atomic mass is 16.6. The van der Waals surface area contributed by atoms with Gasteiger partial charge in [0, 0.05) is 6.20 Å². The van der Waals surface area contributed by atoms with Crippen molar-refractivity contribution in [2.75, 3.05) is 5.73 Å². The van der Waals surface area contributed by atoms with Crippen LogP contribution in [0, 0.1) is 11.3 Å². The van der Waals surface area contributed by atoms with E-state index in [9.17, 15) is 20.6 Å². The van der Waals surface area contributed by atoms with E-state index in [1.165, 1.54) is 17.1 Å². The lowest BCUT2D eigenvalue weighted by Crippen LogP contribution is -2.38. The third-order valence-electron chi connectivity index (χ3n) is 4.11. The summed E-state index contributed by atoms with van der Waals surface area (Å²) in [5, 5.41) is 39.9. The summed E-state index contributed by atoms with van der Waals surface area (Å²) in [5.74, 6) is 0.142. The third-order valence-corrected chi connectivity index (χ3v) is 4.11. The second-order valence-electron chi connectivity index (χ2n) is 5.47. The van der Waals surface area contributed by atoms with Crippen LogP contribution in [0.5, 0.6) is 0 Å². The summed E-state index contributed by atoms with van der Waals surface area (Å²) in [6.45, 7) is 1.74. The molecule has 0 amide bonds. The summed E-state index contributed by atoms with van der Waals surface area (Å²) in [7, 11) is 0. The van der Waals surface area contributed by atoms with Gasteiger partial charge in [0.15, 0.2) is 6.23 Å². The van der Waals surface area contributed by atoms with Gasteiger partial charge in [-0.3, -0.25) is 0 Å². The quantitative estimate of drug-likeness (QED) is 0.578. The summed E-state index contributed by atoms with van der Waals surface area (Å²) in [5.41, 5.74) is 6.35. The highest BCUT2D eigenvalue weighted by molar-refractivity contribution is 5.91. The number of hydrogen-bond acceptors (Lipinski definition) is 8. The normalized spacial score (nSPS) is 28.8. The van der Waals surface area contributed by atoms with E-state index in [0.717, 1.165) is 0 Å². The SMILES string of the molecule is CC[C@H](O)[C@@H]1O[C@H](n2cc(C#N)c3c(N)ncnc32)[C@@H](O)[C@@H]1O. The molecule has 23 heavy (non-hydrogen) atoms. The molecule has 1 aliphatic rings. The fourth-order valence-corrected chi connectivity index (χ4v) is 2.85. The Balaban J connectivity index is 2.08. The predicted octanol–water partition coefficient (Wildman–Crippen LogP) is -0.725. The average Bonchev–Trinajstić information content (AvgIpc) is 3.07. The maximum atomic E-state index is 10.3. The molecule has 1 aliphatic heterocycles. The van der Waals surface area contributed by atoms with E-state index >= 15 is 0 Å². The molecule has 2 aromatic rings. The van der Waals surface area contributed by atoms with Crippen molar-refractivity contribution in [3.05, 3.63) is 18.1 Å². The Morgan fingerprint density at radius 2 is 2.17 bits per heavy atom. The number of aliphatic hydroxyl groups is 3. The van der Waals surface area contributed by atoms with E-state index in [-0.39, 0.29) is 11.4 Å². The maximum absolute atomic E-state index is 10.3. The van der Waals surface area contributed by atoms with Crippen LogP contribution in [-0.4, -0.2) is 54.3 Å². The third kappa shape index (κ3) is 2.32. The van der Waals surface area contributed by atoms with Crippen LogP contribution >= 0.6 is 0 Å². The molecule has 9 nitrogen and oxygen atoms in total. The standard InChI is InChI=1S/C14H17N5O4/c1-2-7(20)11-9(21)10(22)14(23-11)19-4-6(3-15)8-12(16)17-5-18-13(8)19/h4-5,7,9-11,14,20-22H,2H2,1H3,(H2,16,17,18)/t7-,9-,10-,11-,14-/m0/s1. The van der Waals surface area contributed by atoms with Gasteiger partial charge in [0.1, 0.15) is 42.2 Å². The molecule has 0 spiro atoms. The zero-order chi connectivity index (χ0) is 16.7. The Kier molecular flexibility index (Phi) is 3.91. The monoisotopic (exact) mass is 319 g/mol. The summed E-state index contributed by atoms with van der Waals surface area (Å²) < 4.78 is 7.07. The van der Waals surface area contributed by atoms with E-state index in [4.69, 9.17) is 10.5 Å². The number of nitrogens with two attached hydrogens (primary N) is 1. The molecule has 0 unspecified atom stereocenters. The number of ether oxygens (including phenoxy) is 1. The molecule has 5 N–H and O–H groups in total. The molecule has 5 atom stereocenters. The Labute approximate surface area is 131 Å². The van der Waals surface area contributed by atoms with Crippen LogP contribution in [0.1, 0.15) is 25.1 Å². The number of hydrogen-bond donors (Lipinski definition) is 4. The lowest BCUT2D eigenvalue weighted by molar-refractivity contribution is -0.0839. The van der Waals surface area contributed by atoms with Crippen LogP contribution in [0.3, 0.4) is 0 Å². The number of rotatable bonds is 3. The number of aliphatic hydroxyl groups excluding tert-OH is 3. The first-order valence-electron chi connectivity index (χ1n) is 7.20. The molecule has 0 aliphatic carbocycles. The summed E-state index contributed by atoms with van der Waals surface area (Å²) in [6, 6.07) is 2.00. The van der Waals surface area contributed by atoms with Crippen molar-refractivity contribution >= 4 is 16.9 Å². The summed E-state index contributed by atoms with van der Waals surface area (Å²) in [6.07, 6.45) is -2.32. The van der Waals surface area contributed by atoms with Crippen molar-refractivity contribution < 1.29 is 20.1 Å². The van der Waals surface area contributed by atoms with Gasteiger partial charge in [-0.1, -0.05) is 6.92 Å². The van der Waals surface area contributed by atoms with E-state index in [1.807, 2.05) is 6.07 Å². The van der Waals surface area contributed by atoms with Crippen LogP contribution in [-0.2, 0) is 4.74 Å². The molecule has 9 heteroatoms. The smallest absolute Gasteiger partial charge is 0.164 e. The van der Waals surface area contributed by atoms with Gasteiger partial charge in [-0.15, -0.1) is 0 Å². The van der Waals surface area contributed by atoms with E-state index < -0.39 is 30.6 Å². The molecule has 0 saturated carbocycles. The summed E-state index contributed by atoms with van der Waals surface area (Å²) in [4.78, 5) is 7.95. The zero-order valence-corrected chi connectivity index (χ0v) is 12.4. The molecule has 3 heterocycles. The van der Waals surface area contributed by atoms with Crippen molar-refractivity contribution in [1.82, 2.24) is 14.5 Å². The molecular weight excluding hydrogens is 302 g/mol. The topological polar surface area (TPSA) is 150 Å². The number of nitrogen functional groups attached to an aromatic ring is 1. The van der Waals surface area contributed by atoms with Crippen molar-refractivity contribution in [2.24, 2.45) is 0 Å². The van der Waals surface area contributed by atoms with Crippen LogP contribution in [0.4, 0.5) is 5.82 Å². The highest BCUT2D eigenvalue weighted by Crippen LogP contribution is 2.35. The maximum Gasteiger partial charge on any atom is 0.164 e. The van der Waals surface area contributed by atoms with Gasteiger partial charge < -0.3 is 30.4 Å². The fourth-order valence-electron chi connectivity index (χ4n) is 2.85. The van der Waals surface area contributed by atoms with Gasteiger partial charge in [0.2, 0.25) is 0 Å². The van der Waals surface area contributed by atoms with Gasteiger partial charge in [0.05, 0.1) is 17.1 Å². The van der Waals surface area contributed by atoms with Crippen molar-refractivity contribution in [1.29, 1.82) is 5.26 Å². The molecule has 1 saturated heterocycles. The van der Waals surface area contributed by atoms with Crippen LogP contribution in [0.25, 0.3) is 11.0 Å². The molecule has 2 aromatic heterocycles. The summed E-state index contributed by atoms with van der Waals surface area (Å²) >= 11 is 0. The van der Waals surface area contributed by atoms with E-state index in [0.29, 0.717) is 17.5 Å². The first-order valence-corrected chi connectivity index (χ1v) is 7.20. The Morgan fingerprint density at radius 3 is 2.83 bits per heavy atom. The van der Waals surface area contributed by atoms with Gasteiger partial charge in [-0.25, -0.2) is 9.97 Å². The largest absolute Gasteiger partial charge is 0.390 e. The van der Waals surface area contributed by atoms with E-state index in [2.05, 4.69) is 9.97 Å². The van der Waals surface area contributed by atoms with Gasteiger partial charge in [0.25, 0.3) is 0 Å². The first-order chi connectivity index (χ1) is 11.0. The van der Waals surface area contributed by atoms with Gasteiger partial charge >= 0.3 is 0 Å². The zero-order valence-electron chi connectivity index (χ0n) is 12.4. The number of nitriles is 1. The Bertz CT molecular complexity index is 770. The number of anilines is 1. The second-order valence-corrected chi connectivity index (χ2v) is 5.47. The van der Waals surface area contributed by atoms with Crippen molar-refractivity contribution in [2.45, 2.75) is 44.0 Å². The molecular formula is C14H17N5O4. The van der Waals surface area contributed by atoms with Crippen LogP contribution < -0.4 is 5.73 Å².